The monoisotopic (exact) mass is 566 g/mol. The highest BCUT2D eigenvalue weighted by Crippen LogP contribution is 2.12. The largest absolute Gasteiger partial charge is 0.508 e. The number of hydrogen-bond acceptors (Lipinski definition) is 9. The van der Waals surface area contributed by atoms with Crippen LogP contribution in [0.1, 0.15) is 44.6 Å². The molecule has 15 nitrogen and oxygen atoms in total. The molecule has 0 aromatic heterocycles. The molecule has 0 saturated carbocycles. The Morgan fingerprint density at radius 1 is 0.900 bits per heavy atom. The Kier molecular flexibility index (Phi) is 15.0. The third-order valence-electron chi connectivity index (χ3n) is 5.94. The molecule has 0 saturated heterocycles. The molecular weight excluding hydrogens is 524 g/mol. The third kappa shape index (κ3) is 12.7. The zero-order valence-corrected chi connectivity index (χ0v) is 22.6. The average Bonchev–Trinajstić information content (AvgIpc) is 2.89. The number of aromatic hydroxyl groups is 1. The summed E-state index contributed by atoms with van der Waals surface area (Å²) < 4.78 is 0. The average molecular weight is 567 g/mol. The van der Waals surface area contributed by atoms with E-state index < -0.39 is 54.0 Å². The number of guanidine groups is 1. The fourth-order valence-corrected chi connectivity index (χ4v) is 3.68. The SMILES string of the molecule is C[C@@H](O)[C@H](NC(=O)[C@@H](N)CCCN=C(N)N)C(=O)N[C@@H](CCCCN)C(=O)N[C@@H](Cc1ccc(O)cc1)C(=O)O. The van der Waals surface area contributed by atoms with E-state index in [1.807, 2.05) is 0 Å². The van der Waals surface area contributed by atoms with Crippen molar-refractivity contribution in [2.75, 3.05) is 13.1 Å². The van der Waals surface area contributed by atoms with E-state index in [1.165, 1.54) is 31.2 Å². The van der Waals surface area contributed by atoms with Gasteiger partial charge >= 0.3 is 5.97 Å². The molecule has 1 rings (SSSR count). The quantitative estimate of drug-likeness (QED) is 0.0498. The highest BCUT2D eigenvalue weighted by Gasteiger charge is 2.32. The lowest BCUT2D eigenvalue weighted by Crippen LogP contribution is -2.59. The minimum Gasteiger partial charge on any atom is -0.508 e. The number of amides is 3. The van der Waals surface area contributed by atoms with E-state index in [0.717, 1.165) is 0 Å². The maximum Gasteiger partial charge on any atom is 0.326 e. The second-order valence-electron chi connectivity index (χ2n) is 9.40. The molecule has 14 N–H and O–H groups in total. The van der Waals surface area contributed by atoms with Gasteiger partial charge in [-0.15, -0.1) is 0 Å². The Balaban J connectivity index is 2.93. The number of nitrogens with zero attached hydrogens (tertiary/aromatic N) is 1. The standard InChI is InChI=1S/C25H42N8O7/c1-14(34)20(33-21(36)17(27)5-4-12-30-25(28)29)23(38)31-18(6-2-3-11-26)22(37)32-19(24(39)40)13-15-7-9-16(35)10-8-15/h7-10,14,17-20,34-35H,2-6,11-13,26-27H2,1H3,(H,31,38)(H,32,37)(H,33,36)(H,39,40)(H4,28,29,30)/t14-,17+,18+,19+,20+/m1/s1. The number of phenolic OH excluding ortho intramolecular Hbond substituents is 1. The first kappa shape index (κ1) is 34.1. The number of aliphatic hydroxyl groups excluding tert-OH is 1. The summed E-state index contributed by atoms with van der Waals surface area (Å²) in [6, 6.07) is 0.899. The van der Waals surface area contributed by atoms with Crippen LogP contribution in [-0.4, -0.2) is 88.3 Å². The number of rotatable bonds is 18. The van der Waals surface area contributed by atoms with E-state index in [2.05, 4.69) is 20.9 Å². The van der Waals surface area contributed by atoms with Crippen LogP contribution in [0.15, 0.2) is 29.3 Å². The van der Waals surface area contributed by atoms with Crippen molar-refractivity contribution in [1.29, 1.82) is 0 Å². The molecule has 224 valence electrons. The normalized spacial score (nSPS) is 14.6. The molecule has 0 unspecified atom stereocenters. The Morgan fingerprint density at radius 2 is 1.52 bits per heavy atom. The van der Waals surface area contributed by atoms with Crippen molar-refractivity contribution < 1.29 is 34.5 Å². The summed E-state index contributed by atoms with van der Waals surface area (Å²) in [4.78, 5) is 54.3. The third-order valence-corrected chi connectivity index (χ3v) is 5.94. The molecule has 0 spiro atoms. The van der Waals surface area contributed by atoms with Gasteiger partial charge in [0, 0.05) is 13.0 Å². The number of carbonyl (C=O) groups is 4. The summed E-state index contributed by atoms with van der Waals surface area (Å²) in [6.45, 7) is 1.89. The second kappa shape index (κ2) is 17.6. The molecule has 0 radical (unpaired) electrons. The molecule has 1 aromatic carbocycles. The summed E-state index contributed by atoms with van der Waals surface area (Å²) in [5.74, 6) is -3.69. The van der Waals surface area contributed by atoms with E-state index in [1.54, 1.807) is 0 Å². The molecule has 0 aliphatic rings. The van der Waals surface area contributed by atoms with Crippen molar-refractivity contribution in [3.8, 4) is 5.75 Å². The number of nitrogens with two attached hydrogens (primary N) is 4. The highest BCUT2D eigenvalue weighted by atomic mass is 16.4. The molecular formula is C25H42N8O7. The molecule has 0 aliphatic carbocycles. The zero-order chi connectivity index (χ0) is 30.2. The number of carboxylic acids is 1. The molecule has 1 aromatic rings. The van der Waals surface area contributed by atoms with E-state index in [0.29, 0.717) is 31.4 Å². The van der Waals surface area contributed by atoms with Crippen LogP contribution in [0, 0.1) is 0 Å². The molecule has 0 fully saturated rings. The van der Waals surface area contributed by atoms with Crippen molar-refractivity contribution >= 4 is 29.7 Å². The van der Waals surface area contributed by atoms with Gasteiger partial charge in [0.15, 0.2) is 5.96 Å². The van der Waals surface area contributed by atoms with Crippen molar-refractivity contribution in [2.24, 2.45) is 27.9 Å². The number of hydrogen-bond donors (Lipinski definition) is 10. The minimum atomic E-state index is -1.44. The van der Waals surface area contributed by atoms with Gasteiger partial charge in [-0.25, -0.2) is 4.79 Å². The van der Waals surface area contributed by atoms with Crippen LogP contribution in [-0.2, 0) is 25.6 Å². The Labute approximate surface area is 232 Å². The van der Waals surface area contributed by atoms with Crippen LogP contribution in [0.5, 0.6) is 5.75 Å². The number of carbonyl (C=O) groups excluding carboxylic acids is 3. The van der Waals surface area contributed by atoms with E-state index in [-0.39, 0.29) is 37.5 Å². The number of nitrogens with one attached hydrogen (secondary N) is 3. The second-order valence-corrected chi connectivity index (χ2v) is 9.40. The lowest BCUT2D eigenvalue weighted by Gasteiger charge is -2.26. The smallest absolute Gasteiger partial charge is 0.326 e. The fourth-order valence-electron chi connectivity index (χ4n) is 3.68. The van der Waals surface area contributed by atoms with Gasteiger partial charge in [0.1, 0.15) is 23.9 Å². The molecule has 0 aliphatic heterocycles. The number of aliphatic carboxylic acids is 1. The predicted octanol–water partition coefficient (Wildman–Crippen LogP) is -2.64. The summed E-state index contributed by atoms with van der Waals surface area (Å²) in [7, 11) is 0. The van der Waals surface area contributed by atoms with Gasteiger partial charge in [-0.2, -0.15) is 0 Å². The maximum atomic E-state index is 13.1. The van der Waals surface area contributed by atoms with E-state index in [4.69, 9.17) is 22.9 Å². The summed E-state index contributed by atoms with van der Waals surface area (Å²) >= 11 is 0. The van der Waals surface area contributed by atoms with Gasteiger partial charge in [0.2, 0.25) is 17.7 Å². The lowest BCUT2D eigenvalue weighted by atomic mass is 10.0. The van der Waals surface area contributed by atoms with Crippen LogP contribution < -0.4 is 38.9 Å². The topological polar surface area (TPSA) is 282 Å². The number of phenols is 1. The van der Waals surface area contributed by atoms with Crippen LogP contribution >= 0.6 is 0 Å². The van der Waals surface area contributed by atoms with Gasteiger partial charge < -0.3 is 54.2 Å². The maximum absolute atomic E-state index is 13.1. The van der Waals surface area contributed by atoms with Gasteiger partial charge in [-0.1, -0.05) is 12.1 Å². The van der Waals surface area contributed by atoms with Crippen LogP contribution in [0.25, 0.3) is 0 Å². The summed E-state index contributed by atoms with van der Waals surface area (Å²) in [6.07, 6.45) is 0.308. The molecule has 5 atom stereocenters. The Bertz CT molecular complexity index is 999. The number of aliphatic hydroxyl groups is 1. The predicted molar refractivity (Wildman–Crippen MR) is 148 cm³/mol. The van der Waals surface area contributed by atoms with Crippen molar-refractivity contribution in [1.82, 2.24) is 16.0 Å². The van der Waals surface area contributed by atoms with Crippen molar-refractivity contribution in [3.63, 3.8) is 0 Å². The number of unbranched alkanes of at least 4 members (excludes halogenated alkanes) is 1. The van der Waals surface area contributed by atoms with Crippen LogP contribution in [0.4, 0.5) is 0 Å². The minimum absolute atomic E-state index is 0.00833. The Hall–Kier alpha value is -3.95. The fraction of sp³-hybridized carbons (Fsp3) is 0.560. The van der Waals surface area contributed by atoms with Crippen molar-refractivity contribution in [2.45, 2.75) is 75.7 Å². The van der Waals surface area contributed by atoms with Crippen LogP contribution in [0.3, 0.4) is 0 Å². The van der Waals surface area contributed by atoms with Gasteiger partial charge in [-0.05, 0) is 63.3 Å². The van der Waals surface area contributed by atoms with E-state index >= 15 is 0 Å². The molecule has 3 amide bonds. The molecule has 40 heavy (non-hydrogen) atoms. The van der Waals surface area contributed by atoms with E-state index in [9.17, 15) is 34.5 Å². The molecule has 15 heteroatoms. The number of carboxylic acid groups (broad SMARTS) is 1. The summed E-state index contributed by atoms with van der Waals surface area (Å²) in [5.41, 5.74) is 22.5. The molecule has 0 heterocycles. The first-order chi connectivity index (χ1) is 18.8. The number of aliphatic imine (C=N–C) groups is 1. The van der Waals surface area contributed by atoms with Crippen molar-refractivity contribution in [3.05, 3.63) is 29.8 Å². The summed E-state index contributed by atoms with van der Waals surface area (Å²) in [5, 5.41) is 36.6. The lowest BCUT2D eigenvalue weighted by molar-refractivity contribution is -0.142. The molecule has 0 bridgehead atoms. The van der Waals surface area contributed by atoms with Gasteiger partial charge in [0.25, 0.3) is 0 Å². The van der Waals surface area contributed by atoms with Gasteiger partial charge in [0.05, 0.1) is 12.1 Å². The Morgan fingerprint density at radius 3 is 2.08 bits per heavy atom. The first-order valence-electron chi connectivity index (χ1n) is 13.0. The van der Waals surface area contributed by atoms with Crippen LogP contribution in [0.2, 0.25) is 0 Å². The van der Waals surface area contributed by atoms with Gasteiger partial charge in [-0.3, -0.25) is 19.4 Å². The number of benzene rings is 1. The zero-order valence-electron chi connectivity index (χ0n) is 22.6. The first-order valence-corrected chi connectivity index (χ1v) is 13.0. The highest BCUT2D eigenvalue weighted by molar-refractivity contribution is 5.94.